The first-order valence-electron chi connectivity index (χ1n) is 8.19. The van der Waals surface area contributed by atoms with Crippen molar-refractivity contribution in [2.24, 2.45) is 0 Å². The maximum atomic E-state index is 12.9. The van der Waals surface area contributed by atoms with Crippen molar-refractivity contribution in [3.05, 3.63) is 59.0 Å². The molecule has 0 unspecified atom stereocenters. The van der Waals surface area contributed by atoms with E-state index in [0.717, 1.165) is 38.3 Å². The summed E-state index contributed by atoms with van der Waals surface area (Å²) in [6, 6.07) is 9.98. The quantitative estimate of drug-likeness (QED) is 0.888. The number of piperazine rings is 1. The first kappa shape index (κ1) is 17.8. The van der Waals surface area contributed by atoms with E-state index in [-0.39, 0.29) is 11.7 Å². The second-order valence-electron chi connectivity index (χ2n) is 6.09. The molecule has 1 saturated heterocycles. The second kappa shape index (κ2) is 8.38. The summed E-state index contributed by atoms with van der Waals surface area (Å²) < 4.78 is 12.9. The monoisotopic (exact) mass is 362 g/mol. The molecule has 1 aromatic heterocycles. The van der Waals surface area contributed by atoms with Crippen molar-refractivity contribution in [2.45, 2.75) is 6.54 Å². The molecule has 1 fully saturated rings. The first-order chi connectivity index (χ1) is 12.1. The van der Waals surface area contributed by atoms with E-state index >= 15 is 0 Å². The molecule has 0 saturated carbocycles. The van der Waals surface area contributed by atoms with Gasteiger partial charge in [0.1, 0.15) is 11.6 Å². The van der Waals surface area contributed by atoms with Crippen molar-refractivity contribution in [1.29, 1.82) is 0 Å². The summed E-state index contributed by atoms with van der Waals surface area (Å²) in [5, 5.41) is 3.31. The maximum absolute atomic E-state index is 12.9. The number of aromatic nitrogens is 1. The van der Waals surface area contributed by atoms with Gasteiger partial charge in [0.2, 0.25) is 5.91 Å². The number of pyridine rings is 1. The number of nitrogens with zero attached hydrogens (tertiary/aromatic N) is 3. The fraction of sp³-hybridized carbons (Fsp3) is 0.333. The zero-order chi connectivity index (χ0) is 17.6. The Morgan fingerprint density at radius 2 is 1.76 bits per heavy atom. The van der Waals surface area contributed by atoms with Crippen LogP contribution in [0.25, 0.3) is 0 Å². The minimum Gasteiger partial charge on any atom is -0.310 e. The van der Waals surface area contributed by atoms with Gasteiger partial charge in [0.15, 0.2) is 0 Å². The molecule has 1 aliphatic heterocycles. The number of carbonyl (C=O) groups excluding carboxylic acids is 1. The van der Waals surface area contributed by atoms with Crippen molar-refractivity contribution in [3.8, 4) is 0 Å². The van der Waals surface area contributed by atoms with Crippen LogP contribution < -0.4 is 5.32 Å². The van der Waals surface area contributed by atoms with Crippen molar-refractivity contribution in [1.82, 2.24) is 14.8 Å². The van der Waals surface area contributed by atoms with Gasteiger partial charge in [0.25, 0.3) is 0 Å². The van der Waals surface area contributed by atoms with Crippen LogP contribution in [0, 0.1) is 5.82 Å². The first-order valence-corrected chi connectivity index (χ1v) is 8.57. The van der Waals surface area contributed by atoms with Crippen molar-refractivity contribution >= 4 is 23.3 Å². The third-order valence-electron chi connectivity index (χ3n) is 4.15. The Morgan fingerprint density at radius 3 is 2.40 bits per heavy atom. The third-order valence-corrected chi connectivity index (χ3v) is 4.37. The van der Waals surface area contributed by atoms with E-state index in [1.54, 1.807) is 12.1 Å². The molecule has 1 amide bonds. The van der Waals surface area contributed by atoms with Crippen LogP contribution in [-0.4, -0.2) is 53.4 Å². The molecule has 0 bridgehead atoms. The normalized spacial score (nSPS) is 15.9. The highest BCUT2D eigenvalue weighted by molar-refractivity contribution is 6.30. The number of benzene rings is 1. The number of nitrogens with one attached hydrogen (secondary N) is 1. The minimum atomic E-state index is -0.213. The molecule has 0 atom stereocenters. The van der Waals surface area contributed by atoms with Gasteiger partial charge in [-0.2, -0.15) is 0 Å². The average Bonchev–Trinajstić information content (AvgIpc) is 2.61. The Balaban J connectivity index is 1.42. The molecule has 5 nitrogen and oxygen atoms in total. The number of hydrogen-bond donors (Lipinski definition) is 1. The zero-order valence-electron chi connectivity index (χ0n) is 13.8. The van der Waals surface area contributed by atoms with E-state index in [4.69, 9.17) is 11.6 Å². The predicted octanol–water partition coefficient (Wildman–Crippen LogP) is 2.63. The molecule has 1 aromatic carbocycles. The van der Waals surface area contributed by atoms with Crippen LogP contribution in [0.15, 0.2) is 42.6 Å². The van der Waals surface area contributed by atoms with E-state index in [1.165, 1.54) is 18.3 Å². The maximum Gasteiger partial charge on any atom is 0.239 e. The van der Waals surface area contributed by atoms with Crippen LogP contribution in [0.2, 0.25) is 5.02 Å². The Kier molecular flexibility index (Phi) is 5.96. The van der Waals surface area contributed by atoms with E-state index < -0.39 is 0 Å². The molecule has 0 aliphatic carbocycles. The highest BCUT2D eigenvalue weighted by Gasteiger charge is 2.19. The van der Waals surface area contributed by atoms with Gasteiger partial charge in [-0.25, -0.2) is 9.37 Å². The van der Waals surface area contributed by atoms with Crippen molar-refractivity contribution in [3.63, 3.8) is 0 Å². The Morgan fingerprint density at radius 1 is 1.08 bits per heavy atom. The molecule has 132 valence electrons. The van der Waals surface area contributed by atoms with Crippen molar-refractivity contribution < 1.29 is 9.18 Å². The molecular formula is C18H20ClFN4O. The number of carbonyl (C=O) groups is 1. The van der Waals surface area contributed by atoms with Gasteiger partial charge in [-0.1, -0.05) is 23.7 Å². The lowest BCUT2D eigenvalue weighted by Crippen LogP contribution is -2.48. The van der Waals surface area contributed by atoms with Gasteiger partial charge < -0.3 is 5.32 Å². The van der Waals surface area contributed by atoms with Crippen LogP contribution in [0.3, 0.4) is 0 Å². The fourth-order valence-corrected chi connectivity index (χ4v) is 2.90. The average molecular weight is 363 g/mol. The number of rotatable bonds is 5. The lowest BCUT2D eigenvalue weighted by atomic mass is 10.2. The molecule has 7 heteroatoms. The molecule has 2 heterocycles. The van der Waals surface area contributed by atoms with Crippen molar-refractivity contribution in [2.75, 3.05) is 38.0 Å². The van der Waals surface area contributed by atoms with E-state index in [9.17, 15) is 9.18 Å². The highest BCUT2D eigenvalue weighted by atomic mass is 35.5. The molecule has 2 aromatic rings. The van der Waals surface area contributed by atoms with Gasteiger partial charge in [-0.15, -0.1) is 0 Å². The van der Waals surface area contributed by atoms with Crippen LogP contribution >= 0.6 is 11.6 Å². The highest BCUT2D eigenvalue weighted by Crippen LogP contribution is 2.11. The van der Waals surface area contributed by atoms with E-state index in [1.807, 2.05) is 12.1 Å². The largest absolute Gasteiger partial charge is 0.310 e. The smallest absolute Gasteiger partial charge is 0.239 e. The Hall–Kier alpha value is -2.02. The number of hydrogen-bond acceptors (Lipinski definition) is 4. The SMILES string of the molecule is O=C(CN1CCN(Cc2ccc(F)cc2)CC1)Nc1ccc(Cl)cn1. The predicted molar refractivity (Wildman–Crippen MR) is 96.0 cm³/mol. The fourth-order valence-electron chi connectivity index (χ4n) is 2.79. The Labute approximate surface area is 151 Å². The molecule has 1 aliphatic rings. The second-order valence-corrected chi connectivity index (χ2v) is 6.53. The third kappa shape index (κ3) is 5.49. The summed E-state index contributed by atoms with van der Waals surface area (Å²) in [7, 11) is 0. The molecule has 3 rings (SSSR count). The van der Waals surface area contributed by atoms with E-state index in [2.05, 4.69) is 20.1 Å². The summed E-state index contributed by atoms with van der Waals surface area (Å²) in [6.07, 6.45) is 1.51. The molecule has 25 heavy (non-hydrogen) atoms. The van der Waals surface area contributed by atoms with Crippen LogP contribution in [0.1, 0.15) is 5.56 Å². The topological polar surface area (TPSA) is 48.5 Å². The summed E-state index contributed by atoms with van der Waals surface area (Å²) in [4.78, 5) is 20.6. The minimum absolute atomic E-state index is 0.0817. The zero-order valence-corrected chi connectivity index (χ0v) is 14.5. The lowest BCUT2D eigenvalue weighted by molar-refractivity contribution is -0.117. The van der Waals surface area contributed by atoms with Crippen LogP contribution in [0.4, 0.5) is 10.2 Å². The van der Waals surface area contributed by atoms with E-state index in [0.29, 0.717) is 17.4 Å². The van der Waals surface area contributed by atoms with Gasteiger partial charge in [0, 0.05) is 38.9 Å². The van der Waals surface area contributed by atoms with Gasteiger partial charge in [-0.05, 0) is 29.8 Å². The number of anilines is 1. The van der Waals surface area contributed by atoms with Crippen LogP contribution in [-0.2, 0) is 11.3 Å². The number of halogens is 2. The Bertz CT molecular complexity index is 700. The summed E-state index contributed by atoms with van der Waals surface area (Å²) >= 11 is 5.78. The molecular weight excluding hydrogens is 343 g/mol. The molecule has 1 N–H and O–H groups in total. The van der Waals surface area contributed by atoms with Crippen LogP contribution in [0.5, 0.6) is 0 Å². The lowest BCUT2D eigenvalue weighted by Gasteiger charge is -2.34. The summed E-state index contributed by atoms with van der Waals surface area (Å²) in [5.74, 6) is 0.209. The molecule has 0 spiro atoms. The van der Waals surface area contributed by atoms with Gasteiger partial charge in [-0.3, -0.25) is 14.6 Å². The summed E-state index contributed by atoms with van der Waals surface area (Å²) in [6.45, 7) is 4.54. The molecule has 0 radical (unpaired) electrons. The van der Waals surface area contributed by atoms with Gasteiger partial charge in [0.05, 0.1) is 11.6 Å². The standard InChI is InChI=1S/C18H20ClFN4O/c19-15-3-6-17(21-11-15)22-18(25)13-24-9-7-23(8-10-24)12-14-1-4-16(20)5-2-14/h1-6,11H,7-10,12-13H2,(H,21,22,25). The van der Waals surface area contributed by atoms with Gasteiger partial charge >= 0.3 is 0 Å². The number of amides is 1. The summed E-state index contributed by atoms with van der Waals surface area (Å²) in [5.41, 5.74) is 1.10.